The van der Waals surface area contributed by atoms with Crippen molar-refractivity contribution in [2.45, 2.75) is 26.3 Å². The standard InChI is InChI=1S/C12H22N2O5/c1-9(13-10(2)15)12(17)14(7-8-18-3)6-5-11(16)19-4/h9H,5-8H2,1-4H3,(H,13,15). The van der Waals surface area contributed by atoms with Gasteiger partial charge in [-0.15, -0.1) is 0 Å². The molecule has 0 aromatic heterocycles. The fraction of sp³-hybridized carbons (Fsp3) is 0.750. The molecule has 0 aliphatic heterocycles. The summed E-state index contributed by atoms with van der Waals surface area (Å²) in [5.41, 5.74) is 0. The van der Waals surface area contributed by atoms with Crippen LogP contribution in [0.4, 0.5) is 0 Å². The third kappa shape index (κ3) is 7.40. The van der Waals surface area contributed by atoms with Crippen molar-refractivity contribution >= 4 is 17.8 Å². The maximum absolute atomic E-state index is 12.1. The number of nitrogens with zero attached hydrogens (tertiary/aromatic N) is 1. The van der Waals surface area contributed by atoms with E-state index < -0.39 is 6.04 Å². The summed E-state index contributed by atoms with van der Waals surface area (Å²) in [5, 5.41) is 2.51. The molecule has 110 valence electrons. The Morgan fingerprint density at radius 1 is 1.21 bits per heavy atom. The van der Waals surface area contributed by atoms with Crippen molar-refractivity contribution in [3.05, 3.63) is 0 Å². The van der Waals surface area contributed by atoms with Gasteiger partial charge in [-0.3, -0.25) is 14.4 Å². The number of ether oxygens (including phenoxy) is 2. The van der Waals surface area contributed by atoms with Gasteiger partial charge in [0.05, 0.1) is 20.1 Å². The Bertz CT molecular complexity index is 319. The van der Waals surface area contributed by atoms with Gasteiger partial charge in [-0.05, 0) is 6.92 Å². The van der Waals surface area contributed by atoms with E-state index in [0.29, 0.717) is 13.2 Å². The van der Waals surface area contributed by atoms with Crippen molar-refractivity contribution in [2.75, 3.05) is 33.9 Å². The average molecular weight is 274 g/mol. The molecule has 0 spiro atoms. The number of carbonyl (C=O) groups is 3. The molecule has 0 rings (SSSR count). The van der Waals surface area contributed by atoms with Crippen LogP contribution in [-0.2, 0) is 23.9 Å². The van der Waals surface area contributed by atoms with E-state index in [4.69, 9.17) is 4.74 Å². The van der Waals surface area contributed by atoms with Crippen molar-refractivity contribution in [3.8, 4) is 0 Å². The van der Waals surface area contributed by atoms with Crippen LogP contribution in [0.5, 0.6) is 0 Å². The lowest BCUT2D eigenvalue weighted by Gasteiger charge is -2.25. The Hall–Kier alpha value is -1.63. The molecule has 0 radical (unpaired) electrons. The first-order chi connectivity index (χ1) is 8.92. The second-order valence-electron chi connectivity index (χ2n) is 4.07. The van der Waals surface area contributed by atoms with E-state index in [2.05, 4.69) is 10.1 Å². The molecule has 0 saturated heterocycles. The predicted octanol–water partition coefficient (Wildman–Crippen LogP) is -0.451. The van der Waals surface area contributed by atoms with E-state index in [1.165, 1.54) is 26.0 Å². The van der Waals surface area contributed by atoms with Gasteiger partial charge < -0.3 is 19.7 Å². The van der Waals surface area contributed by atoms with Crippen LogP contribution in [-0.4, -0.2) is 62.6 Å². The molecule has 0 heterocycles. The van der Waals surface area contributed by atoms with Crippen LogP contribution >= 0.6 is 0 Å². The number of rotatable bonds is 8. The molecule has 19 heavy (non-hydrogen) atoms. The number of nitrogens with one attached hydrogen (secondary N) is 1. The molecular weight excluding hydrogens is 252 g/mol. The summed E-state index contributed by atoms with van der Waals surface area (Å²) in [6, 6.07) is -0.632. The lowest BCUT2D eigenvalue weighted by molar-refractivity contribution is -0.142. The van der Waals surface area contributed by atoms with Gasteiger partial charge in [-0.25, -0.2) is 0 Å². The lowest BCUT2D eigenvalue weighted by Crippen LogP contribution is -2.48. The summed E-state index contributed by atoms with van der Waals surface area (Å²) < 4.78 is 9.45. The minimum absolute atomic E-state index is 0.110. The van der Waals surface area contributed by atoms with Crippen LogP contribution in [0.15, 0.2) is 0 Å². The first kappa shape index (κ1) is 17.4. The maximum Gasteiger partial charge on any atom is 0.307 e. The number of hydrogen-bond acceptors (Lipinski definition) is 5. The largest absolute Gasteiger partial charge is 0.469 e. The zero-order valence-electron chi connectivity index (χ0n) is 11.9. The highest BCUT2D eigenvalue weighted by Crippen LogP contribution is 1.99. The van der Waals surface area contributed by atoms with E-state index in [1.807, 2.05) is 0 Å². The Morgan fingerprint density at radius 2 is 1.84 bits per heavy atom. The Labute approximate surface area is 113 Å². The van der Waals surface area contributed by atoms with Crippen molar-refractivity contribution < 1.29 is 23.9 Å². The molecule has 0 bridgehead atoms. The molecule has 1 unspecified atom stereocenters. The monoisotopic (exact) mass is 274 g/mol. The van der Waals surface area contributed by atoms with Crippen molar-refractivity contribution in [2.24, 2.45) is 0 Å². The van der Waals surface area contributed by atoms with Gasteiger partial charge >= 0.3 is 5.97 Å². The lowest BCUT2D eigenvalue weighted by atomic mass is 10.2. The fourth-order valence-electron chi connectivity index (χ4n) is 1.50. The number of amides is 2. The molecule has 0 aliphatic carbocycles. The normalized spacial score (nSPS) is 11.6. The van der Waals surface area contributed by atoms with Crippen LogP contribution in [0.3, 0.4) is 0 Å². The van der Waals surface area contributed by atoms with Crippen molar-refractivity contribution in [3.63, 3.8) is 0 Å². The van der Waals surface area contributed by atoms with Gasteiger partial charge in [0.15, 0.2) is 0 Å². The zero-order valence-corrected chi connectivity index (χ0v) is 11.9. The molecule has 0 saturated carbocycles. The third-order valence-electron chi connectivity index (χ3n) is 2.48. The summed E-state index contributed by atoms with van der Waals surface area (Å²) in [5.74, 6) is -0.918. The van der Waals surface area contributed by atoms with Crippen LogP contribution < -0.4 is 5.32 Å². The van der Waals surface area contributed by atoms with Crippen LogP contribution in [0.1, 0.15) is 20.3 Å². The quantitative estimate of drug-likeness (QED) is 0.606. The highest BCUT2D eigenvalue weighted by atomic mass is 16.5. The van der Waals surface area contributed by atoms with E-state index in [1.54, 1.807) is 6.92 Å². The summed E-state index contributed by atoms with van der Waals surface area (Å²) in [6.07, 6.45) is 0.110. The molecular formula is C12H22N2O5. The molecule has 7 heteroatoms. The molecule has 1 N–H and O–H groups in total. The highest BCUT2D eigenvalue weighted by Gasteiger charge is 2.21. The van der Waals surface area contributed by atoms with Crippen LogP contribution in [0, 0.1) is 0 Å². The molecule has 0 fully saturated rings. The topological polar surface area (TPSA) is 84.9 Å². The zero-order chi connectivity index (χ0) is 14.8. The van der Waals surface area contributed by atoms with Crippen molar-refractivity contribution in [1.29, 1.82) is 0 Å². The summed E-state index contributed by atoms with van der Waals surface area (Å²) in [4.78, 5) is 35.6. The predicted molar refractivity (Wildman–Crippen MR) is 68.4 cm³/mol. The maximum atomic E-state index is 12.1. The minimum Gasteiger partial charge on any atom is -0.469 e. The molecule has 2 amide bonds. The van der Waals surface area contributed by atoms with E-state index in [-0.39, 0.29) is 30.7 Å². The first-order valence-corrected chi connectivity index (χ1v) is 6.04. The summed E-state index contributed by atoms with van der Waals surface area (Å²) >= 11 is 0. The molecule has 1 atom stereocenters. The van der Waals surface area contributed by atoms with E-state index in [9.17, 15) is 14.4 Å². The molecule has 0 aromatic carbocycles. The SMILES string of the molecule is COCCN(CCC(=O)OC)C(=O)C(C)NC(C)=O. The molecule has 7 nitrogen and oxygen atoms in total. The van der Waals surface area contributed by atoms with Crippen molar-refractivity contribution in [1.82, 2.24) is 10.2 Å². The van der Waals surface area contributed by atoms with E-state index in [0.717, 1.165) is 0 Å². The van der Waals surface area contributed by atoms with Gasteiger partial charge in [-0.1, -0.05) is 0 Å². The second-order valence-corrected chi connectivity index (χ2v) is 4.07. The Kier molecular flexibility index (Phi) is 8.52. The van der Waals surface area contributed by atoms with Crippen LogP contribution in [0.25, 0.3) is 0 Å². The van der Waals surface area contributed by atoms with Gasteiger partial charge in [0.25, 0.3) is 0 Å². The average Bonchev–Trinajstić information content (AvgIpc) is 2.36. The first-order valence-electron chi connectivity index (χ1n) is 6.04. The number of hydrogen-bond donors (Lipinski definition) is 1. The Morgan fingerprint density at radius 3 is 2.32 bits per heavy atom. The fourth-order valence-corrected chi connectivity index (χ4v) is 1.50. The molecule has 0 aromatic rings. The van der Waals surface area contributed by atoms with Gasteiger partial charge in [0.2, 0.25) is 11.8 Å². The number of methoxy groups -OCH3 is 2. The van der Waals surface area contributed by atoms with E-state index >= 15 is 0 Å². The minimum atomic E-state index is -0.632. The second kappa shape index (κ2) is 9.32. The number of esters is 1. The van der Waals surface area contributed by atoms with Gasteiger partial charge in [-0.2, -0.15) is 0 Å². The highest BCUT2D eigenvalue weighted by molar-refractivity contribution is 5.86. The van der Waals surface area contributed by atoms with Gasteiger partial charge in [0, 0.05) is 27.1 Å². The summed E-state index contributed by atoms with van der Waals surface area (Å²) in [7, 11) is 2.82. The number of carbonyl (C=O) groups excluding carboxylic acids is 3. The molecule has 0 aliphatic rings. The smallest absolute Gasteiger partial charge is 0.307 e. The summed E-state index contributed by atoms with van der Waals surface area (Å²) in [6.45, 7) is 3.90. The Balaban J connectivity index is 4.49. The van der Waals surface area contributed by atoms with Crippen LogP contribution in [0.2, 0.25) is 0 Å². The van der Waals surface area contributed by atoms with Gasteiger partial charge in [0.1, 0.15) is 6.04 Å². The third-order valence-corrected chi connectivity index (χ3v) is 2.48.